The quantitative estimate of drug-likeness (QED) is 0.661. The minimum absolute atomic E-state index is 0.692. The second-order valence-corrected chi connectivity index (χ2v) is 6.06. The van der Waals surface area contributed by atoms with E-state index in [0.717, 1.165) is 31.6 Å². The first-order valence-corrected chi connectivity index (χ1v) is 7.29. The van der Waals surface area contributed by atoms with Gasteiger partial charge in [-0.15, -0.1) is 0 Å². The number of rotatable bonds is 2. The summed E-state index contributed by atoms with van der Waals surface area (Å²) in [4.78, 5) is 4.52. The van der Waals surface area contributed by atoms with Gasteiger partial charge in [-0.05, 0) is 36.8 Å². The van der Waals surface area contributed by atoms with Gasteiger partial charge < -0.3 is 5.32 Å². The summed E-state index contributed by atoms with van der Waals surface area (Å²) in [6.07, 6.45) is 0. The Hall–Kier alpha value is -1.29. The molecule has 0 amide bonds. The second-order valence-electron chi connectivity index (χ2n) is 4.19. The van der Waals surface area contributed by atoms with E-state index in [1.54, 1.807) is 11.3 Å². The zero-order valence-corrected chi connectivity index (χ0v) is 12.4. The maximum Gasteiger partial charge on any atom is 0.188 e. The van der Waals surface area contributed by atoms with Crippen molar-refractivity contribution in [1.82, 2.24) is 4.98 Å². The Bertz CT molecular complexity index is 732. The van der Waals surface area contributed by atoms with Crippen molar-refractivity contribution in [3.05, 3.63) is 52.0 Å². The molecule has 0 saturated heterocycles. The minimum Gasteiger partial charge on any atom is -0.330 e. The Kier molecular flexibility index (Phi) is 3.35. The number of hydrogen-bond acceptors (Lipinski definition) is 3. The van der Waals surface area contributed by atoms with Crippen molar-refractivity contribution in [3.63, 3.8) is 0 Å². The molecule has 2 nitrogen and oxygen atoms in total. The van der Waals surface area contributed by atoms with Gasteiger partial charge in [0.25, 0.3) is 0 Å². The van der Waals surface area contributed by atoms with Crippen molar-refractivity contribution in [3.8, 4) is 0 Å². The van der Waals surface area contributed by atoms with E-state index >= 15 is 0 Å². The van der Waals surface area contributed by atoms with Crippen LogP contribution in [-0.4, -0.2) is 4.98 Å². The summed E-state index contributed by atoms with van der Waals surface area (Å²) >= 11 is 13.7. The van der Waals surface area contributed by atoms with Crippen LogP contribution in [0.1, 0.15) is 5.56 Å². The fraction of sp³-hybridized carbons (Fsp3) is 0.0714. The minimum atomic E-state index is 0.692. The number of benzene rings is 2. The molecule has 2 aromatic carbocycles. The van der Waals surface area contributed by atoms with Gasteiger partial charge in [0.2, 0.25) is 0 Å². The first-order valence-electron chi connectivity index (χ1n) is 5.72. The van der Waals surface area contributed by atoms with Crippen molar-refractivity contribution in [2.24, 2.45) is 0 Å². The maximum absolute atomic E-state index is 6.20. The number of aryl methyl sites for hydroxylation is 1. The largest absolute Gasteiger partial charge is 0.330 e. The van der Waals surface area contributed by atoms with E-state index < -0.39 is 0 Å². The van der Waals surface area contributed by atoms with E-state index in [9.17, 15) is 0 Å². The molecule has 3 aromatic rings. The lowest BCUT2D eigenvalue weighted by Gasteiger charge is -2.08. The predicted molar refractivity (Wildman–Crippen MR) is 84.1 cm³/mol. The number of para-hydroxylation sites is 1. The third-order valence-electron chi connectivity index (χ3n) is 2.80. The van der Waals surface area contributed by atoms with Crippen LogP contribution in [0.4, 0.5) is 10.8 Å². The summed E-state index contributed by atoms with van der Waals surface area (Å²) < 4.78 is 1.06. The average Bonchev–Trinajstić information content (AvgIpc) is 2.75. The van der Waals surface area contributed by atoms with Gasteiger partial charge in [-0.3, -0.25) is 0 Å². The number of fused-ring (bicyclic) bond motifs is 1. The third-order valence-corrected chi connectivity index (χ3v) is 4.29. The summed E-state index contributed by atoms with van der Waals surface area (Å²) in [6.45, 7) is 2.01. The molecule has 96 valence electrons. The summed E-state index contributed by atoms with van der Waals surface area (Å²) in [7, 11) is 0. The zero-order chi connectivity index (χ0) is 13.4. The van der Waals surface area contributed by atoms with Crippen LogP contribution in [-0.2, 0) is 0 Å². The van der Waals surface area contributed by atoms with Crippen LogP contribution in [0, 0.1) is 6.92 Å². The fourth-order valence-corrected chi connectivity index (χ4v) is 3.26. The molecule has 1 aromatic heterocycles. The van der Waals surface area contributed by atoms with Gasteiger partial charge in [-0.2, -0.15) is 0 Å². The van der Waals surface area contributed by atoms with Crippen molar-refractivity contribution >= 4 is 55.6 Å². The Morgan fingerprint density at radius 3 is 2.79 bits per heavy atom. The first-order chi connectivity index (χ1) is 9.13. The topological polar surface area (TPSA) is 24.9 Å². The van der Waals surface area contributed by atoms with E-state index in [1.165, 1.54) is 0 Å². The van der Waals surface area contributed by atoms with Gasteiger partial charge in [0.1, 0.15) is 0 Å². The number of anilines is 2. The highest BCUT2D eigenvalue weighted by molar-refractivity contribution is 7.22. The monoisotopic (exact) mass is 308 g/mol. The molecule has 0 saturated carbocycles. The van der Waals surface area contributed by atoms with Crippen LogP contribution in [0.3, 0.4) is 0 Å². The van der Waals surface area contributed by atoms with Crippen LogP contribution in [0.15, 0.2) is 36.4 Å². The molecule has 0 bridgehead atoms. The predicted octanol–water partition coefficient (Wildman–Crippen LogP) is 5.66. The smallest absolute Gasteiger partial charge is 0.188 e. The van der Waals surface area contributed by atoms with Gasteiger partial charge >= 0.3 is 0 Å². The normalized spacial score (nSPS) is 10.9. The number of aromatic nitrogens is 1. The van der Waals surface area contributed by atoms with Gasteiger partial charge in [0, 0.05) is 5.02 Å². The molecule has 0 aliphatic heterocycles. The Labute approximate surface area is 125 Å². The number of nitrogens with one attached hydrogen (secondary N) is 1. The van der Waals surface area contributed by atoms with Crippen LogP contribution in [0.25, 0.3) is 10.2 Å². The van der Waals surface area contributed by atoms with E-state index in [-0.39, 0.29) is 0 Å². The molecule has 1 N–H and O–H groups in total. The Balaban J connectivity index is 2.01. The lowest BCUT2D eigenvalue weighted by molar-refractivity contribution is 1.40. The molecular formula is C14H10Cl2N2S. The number of hydrogen-bond donors (Lipinski definition) is 1. The van der Waals surface area contributed by atoms with Crippen molar-refractivity contribution in [2.45, 2.75) is 6.92 Å². The molecule has 0 radical (unpaired) electrons. The molecule has 0 fully saturated rings. The van der Waals surface area contributed by atoms with Crippen LogP contribution in [0.5, 0.6) is 0 Å². The molecule has 1 heterocycles. The lowest BCUT2D eigenvalue weighted by atomic mass is 10.2. The molecular weight excluding hydrogens is 299 g/mol. The van der Waals surface area contributed by atoms with Crippen molar-refractivity contribution < 1.29 is 0 Å². The lowest BCUT2D eigenvalue weighted by Crippen LogP contribution is -1.93. The SMILES string of the molecule is Cc1cccc(Cl)c1Nc1nc2ccc(Cl)cc2s1. The van der Waals surface area contributed by atoms with Crippen LogP contribution >= 0.6 is 34.5 Å². The highest BCUT2D eigenvalue weighted by atomic mass is 35.5. The highest BCUT2D eigenvalue weighted by Crippen LogP contribution is 2.33. The van der Waals surface area contributed by atoms with E-state index in [1.807, 2.05) is 43.3 Å². The molecule has 0 atom stereocenters. The molecule has 5 heteroatoms. The zero-order valence-electron chi connectivity index (χ0n) is 10.1. The molecule has 0 spiro atoms. The average molecular weight is 309 g/mol. The summed E-state index contributed by atoms with van der Waals surface area (Å²) in [5, 5.41) is 5.51. The summed E-state index contributed by atoms with van der Waals surface area (Å²) in [5.41, 5.74) is 2.92. The third kappa shape index (κ3) is 2.54. The van der Waals surface area contributed by atoms with E-state index in [2.05, 4.69) is 10.3 Å². The van der Waals surface area contributed by atoms with Gasteiger partial charge in [0.15, 0.2) is 5.13 Å². The molecule has 19 heavy (non-hydrogen) atoms. The fourth-order valence-electron chi connectivity index (χ4n) is 1.85. The number of thiazole rings is 1. The first kappa shape index (κ1) is 12.7. The van der Waals surface area contributed by atoms with Gasteiger partial charge in [-0.25, -0.2) is 4.98 Å². The van der Waals surface area contributed by atoms with Crippen LogP contribution < -0.4 is 5.32 Å². The van der Waals surface area contributed by atoms with Crippen LogP contribution in [0.2, 0.25) is 10.0 Å². The van der Waals surface area contributed by atoms with Crippen molar-refractivity contribution in [1.29, 1.82) is 0 Å². The van der Waals surface area contributed by atoms with E-state index in [4.69, 9.17) is 23.2 Å². The summed E-state index contributed by atoms with van der Waals surface area (Å²) in [5.74, 6) is 0. The van der Waals surface area contributed by atoms with E-state index in [0.29, 0.717) is 5.02 Å². The summed E-state index contributed by atoms with van der Waals surface area (Å²) in [6, 6.07) is 11.5. The Morgan fingerprint density at radius 2 is 2.00 bits per heavy atom. The molecule has 0 aliphatic rings. The maximum atomic E-state index is 6.20. The Morgan fingerprint density at radius 1 is 1.16 bits per heavy atom. The second kappa shape index (κ2) is 5.00. The molecule has 3 rings (SSSR count). The number of halogens is 2. The van der Waals surface area contributed by atoms with Gasteiger partial charge in [-0.1, -0.05) is 46.7 Å². The van der Waals surface area contributed by atoms with Gasteiger partial charge in [0.05, 0.1) is 20.9 Å². The standard InChI is InChI=1S/C14H10Cl2N2S/c1-8-3-2-4-10(16)13(8)18-14-17-11-6-5-9(15)7-12(11)19-14/h2-7H,1H3,(H,17,18). The van der Waals surface area contributed by atoms with Crippen molar-refractivity contribution in [2.75, 3.05) is 5.32 Å². The molecule has 0 unspecified atom stereocenters. The highest BCUT2D eigenvalue weighted by Gasteiger charge is 2.08. The molecule has 0 aliphatic carbocycles. The number of nitrogens with zero attached hydrogens (tertiary/aromatic N) is 1.